The number of hydrogen-bond acceptors (Lipinski definition) is 3. The predicted octanol–water partition coefficient (Wildman–Crippen LogP) is 3.00. The highest BCUT2D eigenvalue weighted by Gasteiger charge is 2.10. The van der Waals surface area contributed by atoms with Gasteiger partial charge in [0, 0.05) is 25.0 Å². The fraction of sp³-hybridized carbons (Fsp3) is 0.462. The maximum atomic E-state index is 4.45. The van der Waals surface area contributed by atoms with Crippen LogP contribution < -0.4 is 5.32 Å². The van der Waals surface area contributed by atoms with Gasteiger partial charge in [0.2, 0.25) is 0 Å². The van der Waals surface area contributed by atoms with E-state index >= 15 is 0 Å². The number of aromatic nitrogens is 2. The molecule has 1 atom stereocenters. The first-order chi connectivity index (χ1) is 8.35. The molecule has 0 amide bonds. The molecule has 3 nitrogen and oxygen atoms in total. The highest BCUT2D eigenvalue weighted by Crippen LogP contribution is 2.23. The Bertz CT molecular complexity index is 433. The zero-order chi connectivity index (χ0) is 12.1. The van der Waals surface area contributed by atoms with E-state index in [0.717, 1.165) is 25.3 Å². The largest absolute Gasteiger partial charge is 0.329 e. The van der Waals surface area contributed by atoms with Crippen LogP contribution in [0, 0.1) is 0 Å². The van der Waals surface area contributed by atoms with Crippen LogP contribution in [-0.4, -0.2) is 22.1 Å². The Labute approximate surface area is 107 Å². The van der Waals surface area contributed by atoms with Crippen molar-refractivity contribution in [3.63, 3.8) is 0 Å². The van der Waals surface area contributed by atoms with Crippen LogP contribution in [0.2, 0.25) is 0 Å². The highest BCUT2D eigenvalue weighted by atomic mass is 32.1. The van der Waals surface area contributed by atoms with Crippen LogP contribution in [0.1, 0.15) is 20.3 Å². The molecule has 2 aromatic rings. The molecule has 1 N–H and O–H groups in total. The van der Waals surface area contributed by atoms with Gasteiger partial charge < -0.3 is 9.88 Å². The van der Waals surface area contributed by atoms with Crippen LogP contribution in [0.15, 0.2) is 29.9 Å². The SMILES string of the molecule is CCNC(CC)Cn1ccnc1-c1cccs1. The van der Waals surface area contributed by atoms with Gasteiger partial charge in [-0.1, -0.05) is 19.9 Å². The van der Waals surface area contributed by atoms with Gasteiger partial charge >= 0.3 is 0 Å². The number of thiophene rings is 1. The van der Waals surface area contributed by atoms with Gasteiger partial charge in [-0.25, -0.2) is 4.98 Å². The van der Waals surface area contributed by atoms with E-state index in [1.165, 1.54) is 4.88 Å². The van der Waals surface area contributed by atoms with Crippen molar-refractivity contribution in [2.24, 2.45) is 0 Å². The molecule has 1 unspecified atom stereocenters. The van der Waals surface area contributed by atoms with E-state index in [1.807, 2.05) is 6.20 Å². The van der Waals surface area contributed by atoms with Crippen molar-refractivity contribution >= 4 is 11.3 Å². The lowest BCUT2D eigenvalue weighted by molar-refractivity contribution is 0.449. The van der Waals surface area contributed by atoms with E-state index in [9.17, 15) is 0 Å². The minimum Gasteiger partial charge on any atom is -0.329 e. The molecule has 2 heterocycles. The Morgan fingerprint density at radius 2 is 2.35 bits per heavy atom. The quantitative estimate of drug-likeness (QED) is 0.853. The second-order valence-electron chi connectivity index (χ2n) is 4.04. The Morgan fingerprint density at radius 1 is 1.47 bits per heavy atom. The molecule has 0 aromatic carbocycles. The first-order valence-electron chi connectivity index (χ1n) is 6.13. The van der Waals surface area contributed by atoms with Crippen LogP contribution in [0.25, 0.3) is 10.7 Å². The Kier molecular flexibility index (Phi) is 4.34. The topological polar surface area (TPSA) is 29.9 Å². The maximum absolute atomic E-state index is 4.45. The predicted molar refractivity (Wildman–Crippen MR) is 73.3 cm³/mol. The Morgan fingerprint density at radius 3 is 3.00 bits per heavy atom. The van der Waals surface area contributed by atoms with E-state index in [1.54, 1.807) is 11.3 Å². The summed E-state index contributed by atoms with van der Waals surface area (Å²) >= 11 is 1.74. The van der Waals surface area contributed by atoms with Gasteiger partial charge in [0.1, 0.15) is 5.82 Å². The second kappa shape index (κ2) is 5.98. The summed E-state index contributed by atoms with van der Waals surface area (Å²) in [5.41, 5.74) is 0. The van der Waals surface area contributed by atoms with Gasteiger partial charge in [0.05, 0.1) is 4.88 Å². The molecule has 0 aliphatic heterocycles. The molecule has 0 saturated heterocycles. The fourth-order valence-corrected chi connectivity index (χ4v) is 2.69. The number of likely N-dealkylation sites (N-methyl/N-ethyl adjacent to an activating group) is 1. The number of nitrogens with one attached hydrogen (secondary N) is 1. The number of nitrogens with zero attached hydrogens (tertiary/aromatic N) is 2. The van der Waals surface area contributed by atoms with Crippen LogP contribution in [-0.2, 0) is 6.54 Å². The lowest BCUT2D eigenvalue weighted by atomic mass is 10.2. The van der Waals surface area contributed by atoms with Crippen LogP contribution >= 0.6 is 11.3 Å². The van der Waals surface area contributed by atoms with Crippen molar-refractivity contribution in [2.45, 2.75) is 32.9 Å². The van der Waals surface area contributed by atoms with Crippen LogP contribution in [0.4, 0.5) is 0 Å². The molecule has 2 rings (SSSR count). The third-order valence-corrected chi connectivity index (χ3v) is 3.73. The van der Waals surface area contributed by atoms with E-state index in [4.69, 9.17) is 0 Å². The lowest BCUT2D eigenvalue weighted by Gasteiger charge is -2.17. The van der Waals surface area contributed by atoms with Crippen LogP contribution in [0.5, 0.6) is 0 Å². The molecule has 0 bridgehead atoms. The van der Waals surface area contributed by atoms with Crippen molar-refractivity contribution in [1.82, 2.24) is 14.9 Å². The maximum Gasteiger partial charge on any atom is 0.150 e. The summed E-state index contributed by atoms with van der Waals surface area (Å²) in [5.74, 6) is 1.08. The third-order valence-electron chi connectivity index (χ3n) is 2.86. The van der Waals surface area contributed by atoms with Gasteiger partial charge in [0.15, 0.2) is 0 Å². The number of imidazole rings is 1. The van der Waals surface area contributed by atoms with E-state index in [-0.39, 0.29) is 0 Å². The average molecular weight is 249 g/mol. The molecular formula is C13H19N3S. The molecule has 92 valence electrons. The van der Waals surface area contributed by atoms with Crippen molar-refractivity contribution in [2.75, 3.05) is 6.54 Å². The minimum atomic E-state index is 0.521. The molecule has 0 spiro atoms. The summed E-state index contributed by atoms with van der Waals surface area (Å²) in [6.07, 6.45) is 5.08. The fourth-order valence-electron chi connectivity index (χ4n) is 1.95. The summed E-state index contributed by atoms with van der Waals surface area (Å²) in [5, 5.41) is 5.59. The molecule has 0 saturated carbocycles. The third kappa shape index (κ3) is 2.96. The molecule has 17 heavy (non-hydrogen) atoms. The van der Waals surface area contributed by atoms with E-state index in [0.29, 0.717) is 6.04 Å². The van der Waals surface area contributed by atoms with Gasteiger partial charge in [0.25, 0.3) is 0 Å². The van der Waals surface area contributed by atoms with Gasteiger partial charge in [-0.15, -0.1) is 11.3 Å². The Hall–Kier alpha value is -1.13. The standard InChI is InChI=1S/C13H19N3S/c1-3-11(14-4-2)10-16-8-7-15-13(16)12-6-5-9-17-12/h5-9,11,14H,3-4,10H2,1-2H3. The normalized spacial score (nSPS) is 12.8. The molecule has 0 aliphatic carbocycles. The second-order valence-corrected chi connectivity index (χ2v) is 4.99. The summed E-state index contributed by atoms with van der Waals surface area (Å²) in [6, 6.07) is 4.71. The van der Waals surface area contributed by atoms with Crippen molar-refractivity contribution < 1.29 is 0 Å². The molecule has 4 heteroatoms. The highest BCUT2D eigenvalue weighted by molar-refractivity contribution is 7.13. The minimum absolute atomic E-state index is 0.521. The zero-order valence-corrected chi connectivity index (χ0v) is 11.2. The first-order valence-corrected chi connectivity index (χ1v) is 7.01. The summed E-state index contributed by atoms with van der Waals surface area (Å²) in [7, 11) is 0. The number of rotatable bonds is 6. The van der Waals surface area contributed by atoms with Crippen molar-refractivity contribution in [3.8, 4) is 10.7 Å². The van der Waals surface area contributed by atoms with Crippen molar-refractivity contribution in [3.05, 3.63) is 29.9 Å². The van der Waals surface area contributed by atoms with Crippen LogP contribution in [0.3, 0.4) is 0 Å². The van der Waals surface area contributed by atoms with E-state index < -0.39 is 0 Å². The molecule has 0 radical (unpaired) electrons. The molecular weight excluding hydrogens is 230 g/mol. The smallest absolute Gasteiger partial charge is 0.150 e. The van der Waals surface area contributed by atoms with Gasteiger partial charge in [-0.05, 0) is 24.4 Å². The van der Waals surface area contributed by atoms with Gasteiger partial charge in [-0.2, -0.15) is 0 Å². The monoisotopic (exact) mass is 249 g/mol. The molecule has 0 aliphatic rings. The Balaban J connectivity index is 2.14. The summed E-state index contributed by atoms with van der Waals surface area (Å²) in [6.45, 7) is 6.37. The molecule has 0 fully saturated rings. The van der Waals surface area contributed by atoms with Crippen molar-refractivity contribution in [1.29, 1.82) is 0 Å². The first kappa shape index (κ1) is 12.3. The summed E-state index contributed by atoms with van der Waals surface area (Å²) < 4.78 is 2.24. The van der Waals surface area contributed by atoms with Gasteiger partial charge in [-0.3, -0.25) is 0 Å². The zero-order valence-electron chi connectivity index (χ0n) is 10.4. The molecule has 2 aromatic heterocycles. The van der Waals surface area contributed by atoms with E-state index in [2.05, 4.69) is 52.4 Å². The average Bonchev–Trinajstić information content (AvgIpc) is 2.98. The lowest BCUT2D eigenvalue weighted by Crippen LogP contribution is -2.32. The summed E-state index contributed by atoms with van der Waals surface area (Å²) in [4.78, 5) is 5.69. The number of hydrogen-bond donors (Lipinski definition) is 1.